The lowest BCUT2D eigenvalue weighted by atomic mass is 9.72. The summed E-state index contributed by atoms with van der Waals surface area (Å²) >= 11 is 0. The molecule has 0 spiro atoms. The monoisotopic (exact) mass is 320 g/mol. The number of fused-ring (bicyclic) bond motifs is 3. The molecule has 2 N–H and O–H groups in total. The minimum Gasteiger partial charge on any atom is -0.508 e. The molecule has 4 rings (SSSR count). The van der Waals surface area contributed by atoms with Crippen molar-refractivity contribution >= 4 is 5.57 Å². The summed E-state index contributed by atoms with van der Waals surface area (Å²) in [4.78, 5) is 0. The fraction of sp³-hybridized carbons (Fsp3) is 0.238. The average Bonchev–Trinajstić information content (AvgIpc) is 2.97. The van der Waals surface area contributed by atoms with Gasteiger partial charge in [0.05, 0.1) is 0 Å². The lowest BCUT2D eigenvalue weighted by Gasteiger charge is -2.30. The molecule has 24 heavy (non-hydrogen) atoms. The normalized spacial score (nSPS) is 21.6. The third kappa shape index (κ3) is 2.04. The van der Waals surface area contributed by atoms with Crippen LogP contribution in [0.5, 0.6) is 17.2 Å². The second-order valence-electron chi connectivity index (χ2n) is 6.80. The van der Waals surface area contributed by atoms with E-state index >= 15 is 0 Å². The number of hydrogen-bond donors (Lipinski definition) is 2. The van der Waals surface area contributed by atoms with Crippen LogP contribution in [0.25, 0.3) is 5.57 Å². The van der Waals surface area contributed by atoms with Crippen molar-refractivity contribution < 1.29 is 14.9 Å². The van der Waals surface area contributed by atoms with E-state index in [1.807, 2.05) is 24.3 Å². The first-order chi connectivity index (χ1) is 11.5. The van der Waals surface area contributed by atoms with Gasteiger partial charge in [0.15, 0.2) is 11.5 Å². The topological polar surface area (TPSA) is 49.7 Å². The van der Waals surface area contributed by atoms with Gasteiger partial charge in [-0.05, 0) is 40.8 Å². The van der Waals surface area contributed by atoms with E-state index in [0.717, 1.165) is 22.3 Å². The highest BCUT2D eigenvalue weighted by molar-refractivity contribution is 5.89. The minimum absolute atomic E-state index is 0.180. The van der Waals surface area contributed by atoms with Gasteiger partial charge in [0, 0.05) is 11.0 Å². The number of ether oxygens (including phenoxy) is 1. The van der Waals surface area contributed by atoms with Crippen LogP contribution in [0.4, 0.5) is 0 Å². The summed E-state index contributed by atoms with van der Waals surface area (Å²) in [6.45, 7) is 4.86. The van der Waals surface area contributed by atoms with Gasteiger partial charge in [-0.2, -0.15) is 0 Å². The second kappa shape index (κ2) is 5.17. The van der Waals surface area contributed by atoms with Gasteiger partial charge in [0.2, 0.25) is 0 Å². The highest BCUT2D eigenvalue weighted by Crippen LogP contribution is 2.51. The summed E-state index contributed by atoms with van der Waals surface area (Å²) in [7, 11) is 0. The Labute approximate surface area is 141 Å². The van der Waals surface area contributed by atoms with Gasteiger partial charge in [-0.15, -0.1) is 0 Å². The molecule has 0 saturated carbocycles. The third-order valence-electron chi connectivity index (χ3n) is 5.12. The smallest absolute Gasteiger partial charge is 0.169 e. The number of hydrogen-bond acceptors (Lipinski definition) is 3. The highest BCUT2D eigenvalue weighted by Gasteiger charge is 2.39. The Balaban J connectivity index is 1.91. The summed E-state index contributed by atoms with van der Waals surface area (Å²) in [5.74, 6) is 1.35. The molecular formula is C21H20O3. The Morgan fingerprint density at radius 1 is 1.00 bits per heavy atom. The number of para-hydroxylation sites is 1. The standard InChI is InChI=1S/C21H20O3/c1-13(2)21(15-6-8-16(22)9-7-15)10-14-12-24-20-17(18(14)11-21)4-3-5-19(20)23/h3-11,13,22-23H,12H2,1-2H3. The highest BCUT2D eigenvalue weighted by atomic mass is 16.5. The Hall–Kier alpha value is -2.68. The van der Waals surface area contributed by atoms with Gasteiger partial charge in [-0.3, -0.25) is 0 Å². The zero-order valence-electron chi connectivity index (χ0n) is 13.8. The first-order valence-corrected chi connectivity index (χ1v) is 8.21. The molecule has 2 aromatic carbocycles. The van der Waals surface area contributed by atoms with Gasteiger partial charge >= 0.3 is 0 Å². The van der Waals surface area contributed by atoms with Crippen LogP contribution in [-0.2, 0) is 5.41 Å². The second-order valence-corrected chi connectivity index (χ2v) is 6.80. The van der Waals surface area contributed by atoms with Crippen molar-refractivity contribution in [3.05, 3.63) is 71.3 Å². The van der Waals surface area contributed by atoms with Gasteiger partial charge in [0.25, 0.3) is 0 Å². The molecule has 2 aromatic rings. The van der Waals surface area contributed by atoms with Crippen molar-refractivity contribution in [2.75, 3.05) is 6.61 Å². The molecule has 0 saturated heterocycles. The van der Waals surface area contributed by atoms with Gasteiger partial charge < -0.3 is 14.9 Å². The third-order valence-corrected chi connectivity index (χ3v) is 5.12. The van der Waals surface area contributed by atoms with Crippen molar-refractivity contribution in [3.63, 3.8) is 0 Å². The summed E-state index contributed by atoms with van der Waals surface area (Å²) in [6, 6.07) is 12.9. The molecule has 0 bridgehead atoms. The zero-order chi connectivity index (χ0) is 16.9. The Morgan fingerprint density at radius 3 is 2.46 bits per heavy atom. The first-order valence-electron chi connectivity index (χ1n) is 8.21. The van der Waals surface area contributed by atoms with Crippen molar-refractivity contribution in [2.45, 2.75) is 19.3 Å². The maximum atomic E-state index is 10.1. The number of aromatic hydroxyl groups is 2. The molecule has 1 aliphatic heterocycles. The number of rotatable bonds is 2. The van der Waals surface area contributed by atoms with Crippen LogP contribution in [0.15, 0.2) is 60.2 Å². The lowest BCUT2D eigenvalue weighted by molar-refractivity contribution is 0.324. The number of benzene rings is 2. The number of allylic oxidation sites excluding steroid dienone is 2. The predicted molar refractivity (Wildman–Crippen MR) is 94.3 cm³/mol. The van der Waals surface area contributed by atoms with Crippen LogP contribution in [0.2, 0.25) is 0 Å². The SMILES string of the molecule is CC(C)C1(c2ccc(O)cc2)C=C2COc3c(O)cccc3C2=C1. The Kier molecular flexibility index (Phi) is 3.20. The van der Waals surface area contributed by atoms with Crippen LogP contribution < -0.4 is 4.74 Å². The molecule has 0 amide bonds. The number of phenols is 2. The van der Waals surface area contributed by atoms with E-state index in [0.29, 0.717) is 18.3 Å². The maximum absolute atomic E-state index is 10.1. The molecule has 3 nitrogen and oxygen atoms in total. The molecule has 1 atom stereocenters. The molecule has 3 heteroatoms. The summed E-state index contributed by atoms with van der Waals surface area (Å²) in [5, 5.41) is 19.7. The van der Waals surface area contributed by atoms with Crippen LogP contribution in [0.3, 0.4) is 0 Å². The lowest BCUT2D eigenvalue weighted by Crippen LogP contribution is -2.26. The zero-order valence-corrected chi connectivity index (χ0v) is 13.8. The molecular weight excluding hydrogens is 300 g/mol. The van der Waals surface area contributed by atoms with Crippen molar-refractivity contribution in [2.24, 2.45) is 5.92 Å². The van der Waals surface area contributed by atoms with Gasteiger partial charge in [-0.1, -0.05) is 50.3 Å². The van der Waals surface area contributed by atoms with Crippen LogP contribution in [0.1, 0.15) is 25.0 Å². The van der Waals surface area contributed by atoms with E-state index in [9.17, 15) is 10.2 Å². The fourth-order valence-corrected chi connectivity index (χ4v) is 3.73. The average molecular weight is 320 g/mol. The molecule has 0 aromatic heterocycles. The summed E-state index contributed by atoms with van der Waals surface area (Å²) < 4.78 is 5.80. The first kappa shape index (κ1) is 14.9. The summed E-state index contributed by atoms with van der Waals surface area (Å²) in [6.07, 6.45) is 4.55. The molecule has 0 radical (unpaired) electrons. The fourth-order valence-electron chi connectivity index (χ4n) is 3.73. The van der Waals surface area contributed by atoms with Crippen molar-refractivity contribution in [3.8, 4) is 17.2 Å². The van der Waals surface area contributed by atoms with E-state index in [1.165, 1.54) is 0 Å². The molecule has 1 heterocycles. The minimum atomic E-state index is -0.241. The molecule has 1 unspecified atom stereocenters. The van der Waals surface area contributed by atoms with Crippen LogP contribution >= 0.6 is 0 Å². The quantitative estimate of drug-likeness (QED) is 0.862. The molecule has 122 valence electrons. The van der Waals surface area contributed by atoms with E-state index in [2.05, 4.69) is 26.0 Å². The van der Waals surface area contributed by atoms with Crippen molar-refractivity contribution in [1.29, 1.82) is 0 Å². The van der Waals surface area contributed by atoms with E-state index in [-0.39, 0.29) is 16.9 Å². The molecule has 2 aliphatic rings. The van der Waals surface area contributed by atoms with E-state index in [1.54, 1.807) is 18.2 Å². The van der Waals surface area contributed by atoms with E-state index < -0.39 is 0 Å². The summed E-state index contributed by atoms with van der Waals surface area (Å²) in [5.41, 5.74) is 4.12. The maximum Gasteiger partial charge on any atom is 0.169 e. The van der Waals surface area contributed by atoms with E-state index in [4.69, 9.17) is 4.74 Å². The molecule has 0 fully saturated rings. The Morgan fingerprint density at radius 2 is 1.75 bits per heavy atom. The largest absolute Gasteiger partial charge is 0.508 e. The van der Waals surface area contributed by atoms with Gasteiger partial charge in [0.1, 0.15) is 12.4 Å². The van der Waals surface area contributed by atoms with Crippen LogP contribution in [0, 0.1) is 5.92 Å². The Bertz CT molecular complexity index is 859. The van der Waals surface area contributed by atoms with Crippen LogP contribution in [-0.4, -0.2) is 16.8 Å². The van der Waals surface area contributed by atoms with Crippen molar-refractivity contribution in [1.82, 2.24) is 0 Å². The number of phenolic OH excluding ortho intramolecular Hbond substituents is 2. The van der Waals surface area contributed by atoms with Gasteiger partial charge in [-0.25, -0.2) is 0 Å². The predicted octanol–water partition coefficient (Wildman–Crippen LogP) is 4.41. The molecule has 1 aliphatic carbocycles.